The first-order chi connectivity index (χ1) is 12.1. The summed E-state index contributed by atoms with van der Waals surface area (Å²) in [5.41, 5.74) is 1.41. The van der Waals surface area contributed by atoms with Crippen LogP contribution in [-0.2, 0) is 10.2 Å². The van der Waals surface area contributed by atoms with Crippen molar-refractivity contribution in [2.45, 2.75) is 24.5 Å². The lowest BCUT2D eigenvalue weighted by atomic mass is 9.75. The first-order valence-electron chi connectivity index (χ1n) is 8.27. The molecule has 3 aliphatic heterocycles. The normalized spacial score (nSPS) is 25.9. The molecular weight excluding hydrogens is 326 g/mol. The fraction of sp³-hybridized carbons (Fsp3) is 0.389. The van der Waals surface area contributed by atoms with E-state index < -0.39 is 11.7 Å². The molecule has 1 saturated heterocycles. The average molecular weight is 343 g/mol. The molecule has 0 saturated carbocycles. The van der Waals surface area contributed by atoms with Gasteiger partial charge in [0.25, 0.3) is 0 Å². The number of benzene rings is 1. The van der Waals surface area contributed by atoms with Crippen LogP contribution in [0.15, 0.2) is 35.6 Å². The Morgan fingerprint density at radius 2 is 1.84 bits per heavy atom. The zero-order chi connectivity index (χ0) is 17.2. The zero-order valence-corrected chi connectivity index (χ0v) is 13.4. The van der Waals surface area contributed by atoms with Crippen molar-refractivity contribution < 1.29 is 29.2 Å². The number of β-amino-alcohol motifs (C(OH)–C–C–N with tert-alkyl or cyclic N) is 2. The lowest BCUT2D eigenvalue weighted by Gasteiger charge is -2.22. The highest BCUT2D eigenvalue weighted by molar-refractivity contribution is 6.01. The molecule has 1 aliphatic carbocycles. The molecule has 7 heteroatoms. The Kier molecular flexibility index (Phi) is 2.96. The maximum absolute atomic E-state index is 13.4. The molecule has 1 spiro atoms. The van der Waals surface area contributed by atoms with Crippen molar-refractivity contribution in [3.63, 3.8) is 0 Å². The molecular formula is C18H17NO6. The van der Waals surface area contributed by atoms with Gasteiger partial charge >= 0.3 is 0 Å². The number of likely N-dealkylation sites (tertiary alicyclic amines) is 1. The molecule has 1 fully saturated rings. The van der Waals surface area contributed by atoms with Crippen LogP contribution in [0.4, 0.5) is 0 Å². The number of hydrogen-bond donors (Lipinski definition) is 2. The number of carbonyl (C=O) groups excluding carboxylic acids is 1. The third-order valence-electron chi connectivity index (χ3n) is 5.21. The summed E-state index contributed by atoms with van der Waals surface area (Å²) in [5, 5.41) is 18.8. The van der Waals surface area contributed by atoms with Crippen LogP contribution in [0.5, 0.6) is 17.2 Å². The summed E-state index contributed by atoms with van der Waals surface area (Å²) in [6.07, 6.45) is 4.09. The fourth-order valence-corrected chi connectivity index (χ4v) is 4.15. The highest BCUT2D eigenvalue weighted by Crippen LogP contribution is 2.55. The molecule has 1 aromatic carbocycles. The second-order valence-electron chi connectivity index (χ2n) is 6.58. The third kappa shape index (κ3) is 1.85. The zero-order valence-electron chi connectivity index (χ0n) is 13.4. The van der Waals surface area contributed by atoms with E-state index in [4.69, 9.17) is 14.2 Å². The van der Waals surface area contributed by atoms with Crippen molar-refractivity contribution >= 4 is 5.91 Å². The van der Waals surface area contributed by atoms with Crippen molar-refractivity contribution in [1.29, 1.82) is 0 Å². The van der Waals surface area contributed by atoms with Crippen molar-refractivity contribution in [2.24, 2.45) is 0 Å². The molecule has 0 radical (unpaired) electrons. The molecule has 1 aromatic rings. The van der Waals surface area contributed by atoms with Gasteiger partial charge in [0.2, 0.25) is 12.7 Å². The lowest BCUT2D eigenvalue weighted by Crippen LogP contribution is -2.42. The van der Waals surface area contributed by atoms with Crippen LogP contribution in [0.25, 0.3) is 0 Å². The Labute approximate surface area is 143 Å². The topological polar surface area (TPSA) is 88.5 Å². The number of rotatable bonds is 2. The van der Waals surface area contributed by atoms with Crippen molar-refractivity contribution in [1.82, 2.24) is 4.90 Å². The van der Waals surface area contributed by atoms with Crippen LogP contribution in [-0.4, -0.2) is 47.3 Å². The van der Waals surface area contributed by atoms with E-state index in [0.717, 1.165) is 29.7 Å². The van der Waals surface area contributed by atoms with Gasteiger partial charge in [-0.15, -0.1) is 0 Å². The predicted octanol–water partition coefficient (Wildman–Crippen LogP) is 0.802. The number of aliphatic hydroxyl groups excluding tert-OH is 1. The molecule has 1 amide bonds. The maximum Gasteiger partial charge on any atom is 0.246 e. The van der Waals surface area contributed by atoms with E-state index >= 15 is 0 Å². The van der Waals surface area contributed by atoms with Gasteiger partial charge in [-0.1, -0.05) is 12.2 Å². The molecule has 3 heterocycles. The van der Waals surface area contributed by atoms with Gasteiger partial charge in [0.05, 0.1) is 6.54 Å². The molecule has 0 bridgehead atoms. The quantitative estimate of drug-likeness (QED) is 0.773. The third-order valence-corrected chi connectivity index (χ3v) is 5.21. The summed E-state index contributed by atoms with van der Waals surface area (Å²) in [5.74, 6) is 1.61. The van der Waals surface area contributed by atoms with Gasteiger partial charge in [-0.05, 0) is 24.5 Å². The Bertz CT molecular complexity index is 842. The minimum Gasteiger partial charge on any atom is -0.491 e. The molecule has 7 nitrogen and oxygen atoms in total. The SMILES string of the molecule is O=C1N(CC(O)O)C2=CCCC=C2C12COc1cc3c(cc12)OCO3. The van der Waals surface area contributed by atoms with Crippen LogP contribution < -0.4 is 14.2 Å². The van der Waals surface area contributed by atoms with Gasteiger partial charge in [0.15, 0.2) is 17.8 Å². The standard InChI is InChI=1S/C18H17NO6/c20-16(21)7-19-12-4-2-1-3-10(12)18(17(19)22)8-23-13-6-15-14(5-11(13)18)24-9-25-15/h3-6,16,20-21H,1-2,7-9H2. The second-order valence-corrected chi connectivity index (χ2v) is 6.58. The average Bonchev–Trinajstić information content (AvgIpc) is 3.26. The Morgan fingerprint density at radius 1 is 1.08 bits per heavy atom. The highest BCUT2D eigenvalue weighted by Gasteiger charge is 2.59. The molecule has 25 heavy (non-hydrogen) atoms. The maximum atomic E-state index is 13.4. The molecule has 130 valence electrons. The van der Waals surface area contributed by atoms with Crippen LogP contribution in [0.3, 0.4) is 0 Å². The summed E-state index contributed by atoms with van der Waals surface area (Å²) in [6.45, 7) is 0.171. The van der Waals surface area contributed by atoms with Gasteiger partial charge in [0, 0.05) is 17.3 Å². The van der Waals surface area contributed by atoms with E-state index in [1.165, 1.54) is 4.90 Å². The number of aliphatic hydroxyl groups is 2. The number of allylic oxidation sites excluding steroid dienone is 3. The van der Waals surface area contributed by atoms with E-state index in [1.807, 2.05) is 12.1 Å². The van der Waals surface area contributed by atoms with Gasteiger partial charge in [0.1, 0.15) is 17.8 Å². The smallest absolute Gasteiger partial charge is 0.246 e. The van der Waals surface area contributed by atoms with Crippen LogP contribution in [0.2, 0.25) is 0 Å². The van der Waals surface area contributed by atoms with E-state index in [2.05, 4.69) is 6.08 Å². The summed E-state index contributed by atoms with van der Waals surface area (Å²) < 4.78 is 16.7. The number of fused-ring (bicyclic) bond motifs is 5. The minimum absolute atomic E-state index is 0.149. The number of amides is 1. The highest BCUT2D eigenvalue weighted by atomic mass is 16.7. The van der Waals surface area contributed by atoms with E-state index in [0.29, 0.717) is 17.2 Å². The van der Waals surface area contributed by atoms with Gasteiger partial charge in [-0.3, -0.25) is 4.79 Å². The Hall–Kier alpha value is -2.51. The van der Waals surface area contributed by atoms with E-state index in [9.17, 15) is 15.0 Å². The van der Waals surface area contributed by atoms with E-state index in [-0.39, 0.29) is 25.9 Å². The van der Waals surface area contributed by atoms with Crippen LogP contribution >= 0.6 is 0 Å². The lowest BCUT2D eigenvalue weighted by molar-refractivity contribution is -0.136. The Balaban J connectivity index is 1.69. The number of hydrogen-bond acceptors (Lipinski definition) is 6. The summed E-state index contributed by atoms with van der Waals surface area (Å²) in [7, 11) is 0. The van der Waals surface area contributed by atoms with E-state index in [1.54, 1.807) is 6.07 Å². The largest absolute Gasteiger partial charge is 0.491 e. The molecule has 1 atom stereocenters. The van der Waals surface area contributed by atoms with Gasteiger partial charge < -0.3 is 29.3 Å². The first kappa shape index (κ1) is 14.8. The molecule has 0 aromatic heterocycles. The Morgan fingerprint density at radius 3 is 2.64 bits per heavy atom. The second kappa shape index (κ2) is 5.00. The minimum atomic E-state index is -1.60. The summed E-state index contributed by atoms with van der Waals surface area (Å²) in [6, 6.07) is 3.57. The van der Waals surface area contributed by atoms with Gasteiger partial charge in [-0.25, -0.2) is 0 Å². The van der Waals surface area contributed by atoms with Crippen LogP contribution in [0.1, 0.15) is 18.4 Å². The molecule has 4 aliphatic rings. The number of carbonyl (C=O) groups is 1. The number of nitrogens with zero attached hydrogens (tertiary/aromatic N) is 1. The molecule has 2 N–H and O–H groups in total. The van der Waals surface area contributed by atoms with Crippen molar-refractivity contribution in [3.05, 3.63) is 41.1 Å². The van der Waals surface area contributed by atoms with Crippen molar-refractivity contribution in [3.8, 4) is 17.2 Å². The first-order valence-corrected chi connectivity index (χ1v) is 8.27. The van der Waals surface area contributed by atoms with Crippen LogP contribution in [0, 0.1) is 0 Å². The fourth-order valence-electron chi connectivity index (χ4n) is 4.15. The molecule has 5 rings (SSSR count). The summed E-state index contributed by atoms with van der Waals surface area (Å²) >= 11 is 0. The predicted molar refractivity (Wildman–Crippen MR) is 85.1 cm³/mol. The molecule has 1 unspecified atom stereocenters. The van der Waals surface area contributed by atoms with Crippen molar-refractivity contribution in [2.75, 3.05) is 19.9 Å². The number of ether oxygens (including phenoxy) is 3. The monoisotopic (exact) mass is 343 g/mol. The van der Waals surface area contributed by atoms with Gasteiger partial charge in [-0.2, -0.15) is 0 Å². The summed E-state index contributed by atoms with van der Waals surface area (Å²) in [4.78, 5) is 14.8.